The van der Waals surface area contributed by atoms with E-state index in [9.17, 15) is 14.7 Å². The third-order valence-electron chi connectivity index (χ3n) is 5.82. The second kappa shape index (κ2) is 8.40. The van der Waals surface area contributed by atoms with Gasteiger partial charge in [-0.25, -0.2) is 9.59 Å². The predicted molar refractivity (Wildman–Crippen MR) is 122 cm³/mol. The minimum absolute atomic E-state index is 0.175. The number of nitrogens with zero attached hydrogens (tertiary/aromatic N) is 2. The molecular formula is C25H24N2O7. The number of carboxylic acid groups (broad SMARTS) is 1. The van der Waals surface area contributed by atoms with Gasteiger partial charge in [-0.1, -0.05) is 12.1 Å². The van der Waals surface area contributed by atoms with Crippen LogP contribution in [0.5, 0.6) is 23.1 Å². The maximum Gasteiger partial charge on any atom is 0.351 e. The van der Waals surface area contributed by atoms with Crippen LogP contribution < -0.4 is 24.6 Å². The van der Waals surface area contributed by atoms with E-state index in [-0.39, 0.29) is 18.6 Å². The van der Waals surface area contributed by atoms with E-state index < -0.39 is 17.3 Å². The minimum Gasteiger partial charge on any atom is -0.486 e. The summed E-state index contributed by atoms with van der Waals surface area (Å²) >= 11 is 0. The van der Waals surface area contributed by atoms with E-state index in [0.717, 1.165) is 11.1 Å². The van der Waals surface area contributed by atoms with Crippen LogP contribution in [0.3, 0.4) is 0 Å². The van der Waals surface area contributed by atoms with E-state index in [1.165, 1.54) is 13.8 Å². The minimum atomic E-state index is -1.35. The first-order valence-electron chi connectivity index (χ1n) is 11.0. The number of hydrogen-bond donors (Lipinski definition) is 1. The molecule has 1 N–H and O–H groups in total. The van der Waals surface area contributed by atoms with Gasteiger partial charge in [-0.3, -0.25) is 4.57 Å². The molecule has 176 valence electrons. The van der Waals surface area contributed by atoms with Gasteiger partial charge in [0, 0.05) is 18.2 Å². The first-order chi connectivity index (χ1) is 16.3. The summed E-state index contributed by atoms with van der Waals surface area (Å²) in [5.41, 5.74) is 0.745. The number of fused-ring (bicyclic) bond motifs is 4. The second-order valence-electron chi connectivity index (χ2n) is 8.71. The molecule has 2 aliphatic heterocycles. The molecule has 3 aromatic rings. The number of rotatable bonds is 6. The Morgan fingerprint density at radius 3 is 2.79 bits per heavy atom. The SMILES string of the molecule is CC(C)(Oc1ccc2c(c1)CCn1c-2cc(OCC2COc3ccccc3O2)nc1=O)C(=O)O. The number of hydrogen-bond acceptors (Lipinski definition) is 7. The lowest BCUT2D eigenvalue weighted by atomic mass is 9.97. The molecule has 0 aliphatic carbocycles. The van der Waals surface area contributed by atoms with E-state index in [1.807, 2.05) is 36.4 Å². The fraction of sp³-hybridized carbons (Fsp3) is 0.320. The fourth-order valence-corrected chi connectivity index (χ4v) is 3.98. The lowest BCUT2D eigenvalue weighted by molar-refractivity contribution is -0.152. The van der Waals surface area contributed by atoms with Crippen molar-refractivity contribution in [1.29, 1.82) is 0 Å². The van der Waals surface area contributed by atoms with Crippen LogP contribution in [-0.2, 0) is 17.8 Å². The van der Waals surface area contributed by atoms with Gasteiger partial charge < -0.3 is 24.1 Å². The first kappa shape index (κ1) is 21.8. The number of ether oxygens (including phenoxy) is 4. The molecule has 34 heavy (non-hydrogen) atoms. The molecule has 1 unspecified atom stereocenters. The highest BCUT2D eigenvalue weighted by molar-refractivity contribution is 5.77. The van der Waals surface area contributed by atoms with Gasteiger partial charge in [0.25, 0.3) is 0 Å². The van der Waals surface area contributed by atoms with Crippen molar-refractivity contribution in [2.24, 2.45) is 0 Å². The molecule has 0 radical (unpaired) electrons. The van der Waals surface area contributed by atoms with Crippen LogP contribution >= 0.6 is 0 Å². The summed E-state index contributed by atoms with van der Waals surface area (Å²) in [6.45, 7) is 3.96. The molecule has 0 saturated heterocycles. The van der Waals surface area contributed by atoms with Gasteiger partial charge in [0.2, 0.25) is 5.88 Å². The smallest absolute Gasteiger partial charge is 0.351 e. The van der Waals surface area contributed by atoms with Crippen LogP contribution in [0.25, 0.3) is 11.3 Å². The summed E-state index contributed by atoms with van der Waals surface area (Å²) < 4.78 is 24.7. The van der Waals surface area contributed by atoms with Gasteiger partial charge in [-0.05, 0) is 56.2 Å². The highest BCUT2D eigenvalue weighted by Crippen LogP contribution is 2.34. The van der Waals surface area contributed by atoms with Crippen molar-refractivity contribution in [3.8, 4) is 34.4 Å². The van der Waals surface area contributed by atoms with Crippen LogP contribution in [0.4, 0.5) is 0 Å². The maximum absolute atomic E-state index is 12.7. The largest absolute Gasteiger partial charge is 0.486 e. The van der Waals surface area contributed by atoms with Gasteiger partial charge in [0.15, 0.2) is 23.2 Å². The average molecular weight is 464 g/mol. The number of benzene rings is 2. The highest BCUT2D eigenvalue weighted by atomic mass is 16.6. The molecular weight excluding hydrogens is 440 g/mol. The Morgan fingerprint density at radius 2 is 2.00 bits per heavy atom. The molecule has 9 nitrogen and oxygen atoms in total. The molecule has 0 fully saturated rings. The van der Waals surface area contributed by atoms with Crippen LogP contribution in [0.1, 0.15) is 19.4 Å². The van der Waals surface area contributed by atoms with Crippen molar-refractivity contribution in [1.82, 2.24) is 9.55 Å². The van der Waals surface area contributed by atoms with Crippen LogP contribution in [0.2, 0.25) is 0 Å². The number of aryl methyl sites for hydroxylation is 1. The molecule has 2 aromatic carbocycles. The molecule has 3 heterocycles. The van der Waals surface area contributed by atoms with Gasteiger partial charge in [-0.15, -0.1) is 0 Å². The summed E-state index contributed by atoms with van der Waals surface area (Å²) in [6.07, 6.45) is 0.265. The lowest BCUT2D eigenvalue weighted by Crippen LogP contribution is -2.38. The number of aromatic nitrogens is 2. The Balaban J connectivity index is 1.35. The molecule has 9 heteroatoms. The van der Waals surface area contributed by atoms with E-state index in [4.69, 9.17) is 18.9 Å². The normalized spacial score (nSPS) is 16.2. The van der Waals surface area contributed by atoms with Crippen molar-refractivity contribution in [2.75, 3.05) is 13.2 Å². The Morgan fingerprint density at radius 1 is 1.21 bits per heavy atom. The van der Waals surface area contributed by atoms with E-state index in [0.29, 0.717) is 42.5 Å². The zero-order valence-electron chi connectivity index (χ0n) is 18.8. The standard InChI is InChI=1S/C25H24N2O7/c1-25(2,23(28)29)34-16-7-8-18-15(11-16)9-10-27-19(18)12-22(26-24(27)30)32-14-17-13-31-20-5-3-4-6-21(20)33-17/h3-8,11-12,17H,9-10,13-14H2,1-2H3,(H,28,29). The number of carboxylic acids is 1. The zero-order chi connectivity index (χ0) is 23.9. The van der Waals surface area contributed by atoms with Crippen molar-refractivity contribution in [2.45, 2.75) is 38.5 Å². The first-order valence-corrected chi connectivity index (χ1v) is 11.0. The molecule has 0 saturated carbocycles. The van der Waals surface area contributed by atoms with Crippen LogP contribution in [-0.4, -0.2) is 45.5 Å². The van der Waals surface area contributed by atoms with E-state index >= 15 is 0 Å². The number of para-hydroxylation sites is 2. The van der Waals surface area contributed by atoms with Crippen molar-refractivity contribution >= 4 is 5.97 Å². The highest BCUT2D eigenvalue weighted by Gasteiger charge is 2.30. The summed E-state index contributed by atoms with van der Waals surface area (Å²) in [6, 6.07) is 14.5. The second-order valence-corrected chi connectivity index (χ2v) is 8.71. The van der Waals surface area contributed by atoms with Crippen LogP contribution in [0.15, 0.2) is 53.3 Å². The van der Waals surface area contributed by atoms with Crippen LogP contribution in [0, 0.1) is 0 Å². The number of aliphatic carboxylic acids is 1. The zero-order valence-corrected chi connectivity index (χ0v) is 18.8. The Labute approximate surface area is 195 Å². The topological polar surface area (TPSA) is 109 Å². The Hall–Kier alpha value is -4.01. The van der Waals surface area contributed by atoms with E-state index in [1.54, 1.807) is 16.7 Å². The van der Waals surface area contributed by atoms with Crippen molar-refractivity contribution in [3.63, 3.8) is 0 Å². The van der Waals surface area contributed by atoms with Gasteiger partial charge >= 0.3 is 11.7 Å². The molecule has 1 atom stereocenters. The third-order valence-corrected chi connectivity index (χ3v) is 5.82. The predicted octanol–water partition coefficient (Wildman–Crippen LogP) is 2.93. The molecule has 0 bridgehead atoms. The molecule has 0 amide bonds. The van der Waals surface area contributed by atoms with Crippen molar-refractivity contribution in [3.05, 3.63) is 64.6 Å². The average Bonchev–Trinajstić information content (AvgIpc) is 2.82. The summed E-state index contributed by atoms with van der Waals surface area (Å²) in [4.78, 5) is 28.1. The molecule has 1 aromatic heterocycles. The maximum atomic E-state index is 12.7. The summed E-state index contributed by atoms with van der Waals surface area (Å²) in [7, 11) is 0. The Bertz CT molecular complexity index is 1310. The van der Waals surface area contributed by atoms with Crippen molar-refractivity contribution < 1.29 is 28.8 Å². The summed E-state index contributed by atoms with van der Waals surface area (Å²) in [5.74, 6) is 0.960. The lowest BCUT2D eigenvalue weighted by Gasteiger charge is -2.27. The molecule has 0 spiro atoms. The van der Waals surface area contributed by atoms with E-state index in [2.05, 4.69) is 4.98 Å². The monoisotopic (exact) mass is 464 g/mol. The van der Waals surface area contributed by atoms with Gasteiger partial charge in [-0.2, -0.15) is 4.98 Å². The molecule has 5 rings (SSSR count). The third kappa shape index (κ3) is 4.16. The molecule has 2 aliphatic rings. The number of carbonyl (C=O) groups is 1. The van der Waals surface area contributed by atoms with Gasteiger partial charge in [0.1, 0.15) is 19.0 Å². The fourth-order valence-electron chi connectivity index (χ4n) is 3.98. The quantitative estimate of drug-likeness (QED) is 0.593. The summed E-state index contributed by atoms with van der Waals surface area (Å²) in [5, 5.41) is 9.32. The van der Waals surface area contributed by atoms with Gasteiger partial charge in [0.05, 0.1) is 5.69 Å². The Kier molecular flexibility index (Phi) is 5.39.